The third kappa shape index (κ3) is 9.33. The van der Waals surface area contributed by atoms with Gasteiger partial charge in [0.2, 0.25) is 0 Å². The molecule has 0 aliphatic heterocycles. The van der Waals surface area contributed by atoms with Gasteiger partial charge in [-0.25, -0.2) is 4.79 Å². The van der Waals surface area contributed by atoms with Crippen molar-refractivity contribution in [2.75, 3.05) is 33.9 Å². The average molecular weight is 634 g/mol. The van der Waals surface area contributed by atoms with Crippen molar-refractivity contribution in [3.05, 3.63) is 136 Å². The molecule has 5 heteroatoms. The molecule has 0 spiro atoms. The van der Waals surface area contributed by atoms with Crippen LogP contribution < -0.4 is 4.74 Å². The van der Waals surface area contributed by atoms with E-state index in [2.05, 4.69) is 85.6 Å². The number of hydrogen-bond donors (Lipinski definition) is 0. The molecule has 0 heterocycles. The van der Waals surface area contributed by atoms with Crippen LogP contribution in [0.4, 0.5) is 0 Å². The minimum absolute atomic E-state index is 0.172. The lowest BCUT2D eigenvalue weighted by Crippen LogP contribution is -2.30. The van der Waals surface area contributed by atoms with Crippen LogP contribution in [-0.4, -0.2) is 50.9 Å². The Hall–Kier alpha value is -3.93. The quantitative estimate of drug-likeness (QED) is 0.117. The highest BCUT2D eigenvalue weighted by molar-refractivity contribution is 5.75. The SMILES string of the molecule is CCCCc1ccc2c(c1)CCc1cc(CCc3ccccc3)ccc1C2N(C)CCOc1ccc(CC(OC)C(=O)OCC)cc1. The van der Waals surface area contributed by atoms with Gasteiger partial charge in [-0.3, -0.25) is 4.90 Å². The minimum Gasteiger partial charge on any atom is -0.492 e. The summed E-state index contributed by atoms with van der Waals surface area (Å²) in [6.07, 6.45) is 7.67. The number of carbonyl (C=O) groups excluding carboxylic acids is 1. The van der Waals surface area contributed by atoms with E-state index in [0.29, 0.717) is 19.6 Å². The van der Waals surface area contributed by atoms with Gasteiger partial charge in [0.15, 0.2) is 6.10 Å². The Kier molecular flexibility index (Phi) is 12.7. The highest BCUT2D eigenvalue weighted by atomic mass is 16.6. The Balaban J connectivity index is 1.29. The van der Waals surface area contributed by atoms with Gasteiger partial charge >= 0.3 is 5.97 Å². The van der Waals surface area contributed by atoms with Crippen LogP contribution in [0, 0.1) is 0 Å². The van der Waals surface area contributed by atoms with Crippen molar-refractivity contribution in [3.8, 4) is 5.75 Å². The van der Waals surface area contributed by atoms with E-state index in [-0.39, 0.29) is 12.0 Å². The van der Waals surface area contributed by atoms with E-state index in [1.165, 1.54) is 58.9 Å². The largest absolute Gasteiger partial charge is 0.492 e. The summed E-state index contributed by atoms with van der Waals surface area (Å²) in [6, 6.07) is 33.3. The maximum Gasteiger partial charge on any atom is 0.335 e. The van der Waals surface area contributed by atoms with Crippen LogP contribution in [0.5, 0.6) is 5.75 Å². The van der Waals surface area contributed by atoms with Crippen LogP contribution in [0.25, 0.3) is 0 Å². The molecule has 0 saturated carbocycles. The number of fused-ring (bicyclic) bond motifs is 2. The molecule has 0 saturated heterocycles. The molecule has 0 fully saturated rings. The number of methoxy groups -OCH3 is 1. The van der Waals surface area contributed by atoms with Gasteiger partial charge in [0, 0.05) is 20.1 Å². The number of aryl methyl sites for hydroxylation is 5. The highest BCUT2D eigenvalue weighted by Gasteiger charge is 2.27. The number of likely N-dealkylation sites (N-methyl/N-ethyl adjacent to an activating group) is 1. The van der Waals surface area contributed by atoms with E-state index in [9.17, 15) is 4.79 Å². The summed E-state index contributed by atoms with van der Waals surface area (Å²) in [5.41, 5.74) is 11.0. The fourth-order valence-electron chi connectivity index (χ4n) is 6.69. The molecule has 4 aromatic rings. The predicted molar refractivity (Wildman–Crippen MR) is 190 cm³/mol. The van der Waals surface area contributed by atoms with Crippen molar-refractivity contribution in [3.63, 3.8) is 0 Å². The summed E-state index contributed by atoms with van der Waals surface area (Å²) < 4.78 is 16.7. The molecule has 4 aromatic carbocycles. The number of esters is 1. The van der Waals surface area contributed by atoms with E-state index < -0.39 is 6.10 Å². The van der Waals surface area contributed by atoms with Crippen molar-refractivity contribution in [1.29, 1.82) is 0 Å². The van der Waals surface area contributed by atoms with Crippen molar-refractivity contribution in [2.24, 2.45) is 0 Å². The maximum absolute atomic E-state index is 12.1. The monoisotopic (exact) mass is 633 g/mol. The topological polar surface area (TPSA) is 48.0 Å². The Morgan fingerprint density at radius 3 is 2.02 bits per heavy atom. The third-order valence-electron chi connectivity index (χ3n) is 9.36. The molecule has 0 amide bonds. The summed E-state index contributed by atoms with van der Waals surface area (Å²) in [5.74, 6) is 0.484. The summed E-state index contributed by atoms with van der Waals surface area (Å²) in [6.45, 7) is 5.76. The molecule has 47 heavy (non-hydrogen) atoms. The van der Waals surface area contributed by atoms with Gasteiger partial charge < -0.3 is 14.2 Å². The molecular formula is C42H51NO4. The Labute approximate surface area is 281 Å². The average Bonchev–Trinajstić information content (AvgIpc) is 3.26. The Bertz CT molecular complexity index is 1570. The summed E-state index contributed by atoms with van der Waals surface area (Å²) >= 11 is 0. The Morgan fingerprint density at radius 2 is 1.40 bits per heavy atom. The van der Waals surface area contributed by atoms with Crippen LogP contribution in [0.3, 0.4) is 0 Å². The number of rotatable bonds is 16. The van der Waals surface area contributed by atoms with Crippen LogP contribution in [-0.2, 0) is 52.8 Å². The third-order valence-corrected chi connectivity index (χ3v) is 9.36. The lowest BCUT2D eigenvalue weighted by Gasteiger charge is -2.31. The van der Waals surface area contributed by atoms with E-state index >= 15 is 0 Å². The lowest BCUT2D eigenvalue weighted by molar-refractivity contribution is -0.154. The second-order valence-electron chi connectivity index (χ2n) is 12.7. The van der Waals surface area contributed by atoms with Crippen LogP contribution >= 0.6 is 0 Å². The number of benzene rings is 4. The molecule has 5 nitrogen and oxygen atoms in total. The van der Waals surface area contributed by atoms with Crippen molar-refractivity contribution < 1.29 is 19.0 Å². The molecule has 5 rings (SSSR count). The Morgan fingerprint density at radius 1 is 0.787 bits per heavy atom. The smallest absolute Gasteiger partial charge is 0.335 e. The zero-order valence-corrected chi connectivity index (χ0v) is 28.7. The molecule has 0 aromatic heterocycles. The van der Waals surface area contributed by atoms with Crippen LogP contribution in [0.2, 0.25) is 0 Å². The standard InChI is InChI=1S/C42H51NO4/c1-5-7-11-32-18-24-38-35(28-32)20-21-36-29-33(15-14-31-12-9-8-10-13-31)19-25-39(36)41(38)43(3)26-27-47-37-22-16-34(17-23-37)30-40(45-4)42(44)46-6-2/h8-10,12-13,16-19,22-25,28-29,40-41H,5-7,11,14-15,20-21,26-27,30H2,1-4H3. The predicted octanol–water partition coefficient (Wildman–Crippen LogP) is 8.13. The minimum atomic E-state index is -0.608. The van der Waals surface area contributed by atoms with Gasteiger partial charge in [-0.15, -0.1) is 0 Å². The molecule has 1 aliphatic carbocycles. The number of unbranched alkanes of at least 4 members (excludes halogenated alkanes) is 1. The van der Waals surface area contributed by atoms with E-state index in [1.54, 1.807) is 6.92 Å². The maximum atomic E-state index is 12.1. The molecule has 0 bridgehead atoms. The first-order valence-electron chi connectivity index (χ1n) is 17.4. The summed E-state index contributed by atoms with van der Waals surface area (Å²) in [5, 5.41) is 0. The molecule has 1 aliphatic rings. The summed E-state index contributed by atoms with van der Waals surface area (Å²) in [4.78, 5) is 14.6. The van der Waals surface area contributed by atoms with Gasteiger partial charge in [-0.2, -0.15) is 0 Å². The van der Waals surface area contributed by atoms with Crippen molar-refractivity contribution >= 4 is 5.97 Å². The first-order valence-corrected chi connectivity index (χ1v) is 17.4. The molecule has 248 valence electrons. The zero-order valence-electron chi connectivity index (χ0n) is 28.7. The second-order valence-corrected chi connectivity index (χ2v) is 12.7. The summed E-state index contributed by atoms with van der Waals surface area (Å²) in [7, 11) is 3.77. The molecule has 2 unspecified atom stereocenters. The van der Waals surface area contributed by atoms with Crippen molar-refractivity contribution in [2.45, 2.75) is 77.4 Å². The van der Waals surface area contributed by atoms with Crippen LogP contribution in [0.1, 0.15) is 77.2 Å². The lowest BCUT2D eigenvalue weighted by atomic mass is 9.90. The number of hydrogen-bond acceptors (Lipinski definition) is 5. The van der Waals surface area contributed by atoms with Crippen molar-refractivity contribution in [1.82, 2.24) is 4.90 Å². The second kappa shape index (κ2) is 17.3. The van der Waals surface area contributed by atoms with E-state index in [1.807, 2.05) is 24.3 Å². The molecular weight excluding hydrogens is 582 g/mol. The molecule has 2 atom stereocenters. The number of nitrogens with zero attached hydrogens (tertiary/aromatic N) is 1. The zero-order chi connectivity index (χ0) is 33.0. The van der Waals surface area contributed by atoms with Gasteiger partial charge in [0.25, 0.3) is 0 Å². The fourth-order valence-corrected chi connectivity index (χ4v) is 6.69. The van der Waals surface area contributed by atoms with Gasteiger partial charge in [0.1, 0.15) is 12.4 Å². The first kappa shape index (κ1) is 34.4. The molecule has 0 N–H and O–H groups in total. The van der Waals surface area contributed by atoms with E-state index in [4.69, 9.17) is 14.2 Å². The fraction of sp³-hybridized carbons (Fsp3) is 0.405. The highest BCUT2D eigenvalue weighted by Crippen LogP contribution is 2.37. The number of ether oxygens (including phenoxy) is 3. The molecule has 0 radical (unpaired) electrons. The van der Waals surface area contributed by atoms with Gasteiger partial charge in [-0.05, 0) is 109 Å². The van der Waals surface area contributed by atoms with Gasteiger partial charge in [-0.1, -0.05) is 92.2 Å². The normalized spacial score (nSPS) is 14.6. The van der Waals surface area contributed by atoms with Crippen LogP contribution in [0.15, 0.2) is 91.0 Å². The first-order chi connectivity index (χ1) is 23.0. The van der Waals surface area contributed by atoms with E-state index in [0.717, 1.165) is 50.0 Å². The van der Waals surface area contributed by atoms with Gasteiger partial charge in [0.05, 0.1) is 12.6 Å². The number of carbonyl (C=O) groups is 1.